The highest BCUT2D eigenvalue weighted by Gasteiger charge is 2.23. The average molecular weight is 453 g/mol. The molecule has 1 atom stereocenters. The van der Waals surface area contributed by atoms with Crippen molar-refractivity contribution in [3.63, 3.8) is 0 Å². The van der Waals surface area contributed by atoms with Crippen LogP contribution in [0.4, 0.5) is 0 Å². The maximum atomic E-state index is 11.6. The Hall–Kier alpha value is -3.83. The minimum atomic E-state index is 0.248. The Kier molecular flexibility index (Phi) is 5.40. The lowest BCUT2D eigenvalue weighted by Crippen LogP contribution is -2.06. The highest BCUT2D eigenvalue weighted by Crippen LogP contribution is 2.39. The number of epoxide rings is 1. The molecule has 1 heterocycles. The van der Waals surface area contributed by atoms with Gasteiger partial charge in [0.15, 0.2) is 6.29 Å². The summed E-state index contributed by atoms with van der Waals surface area (Å²) in [5.74, 6) is 2.48. The van der Waals surface area contributed by atoms with Crippen LogP contribution in [-0.4, -0.2) is 38.8 Å². The van der Waals surface area contributed by atoms with Crippen molar-refractivity contribution in [2.75, 3.05) is 26.4 Å². The second kappa shape index (κ2) is 8.84. The summed E-state index contributed by atoms with van der Waals surface area (Å²) in [6, 6.07) is 24.0. The van der Waals surface area contributed by atoms with Crippen molar-refractivity contribution in [2.24, 2.45) is 0 Å². The lowest BCUT2D eigenvalue weighted by molar-refractivity contribution is 0.112. The van der Waals surface area contributed by atoms with Crippen LogP contribution in [0.1, 0.15) is 16.8 Å². The van der Waals surface area contributed by atoms with Crippen molar-refractivity contribution < 1.29 is 23.7 Å². The largest absolute Gasteiger partial charge is 0.493 e. The third kappa shape index (κ3) is 3.99. The summed E-state index contributed by atoms with van der Waals surface area (Å²) >= 11 is 0. The van der Waals surface area contributed by atoms with Crippen LogP contribution in [0.5, 0.6) is 17.2 Å². The molecule has 0 aliphatic carbocycles. The van der Waals surface area contributed by atoms with Gasteiger partial charge in [0, 0.05) is 22.8 Å². The standard InChI is InChI=1S/C29H24O5/c30-16-21-3-2-19-5-12-26-27(13-6-20-4-11-25(21)28(19)29(20)26)32-15-1-14-31-22-7-9-23(10-8-22)33-17-24-18-34-24/h2-13,16,24H,1,14-15,17-18H2. The second-order valence-electron chi connectivity index (χ2n) is 8.55. The zero-order valence-corrected chi connectivity index (χ0v) is 18.7. The fourth-order valence-electron chi connectivity index (χ4n) is 4.44. The molecule has 0 amide bonds. The van der Waals surface area contributed by atoms with Crippen LogP contribution in [0.15, 0.2) is 72.8 Å². The third-order valence-electron chi connectivity index (χ3n) is 6.26. The predicted molar refractivity (Wildman–Crippen MR) is 133 cm³/mol. The maximum absolute atomic E-state index is 11.6. The lowest BCUT2D eigenvalue weighted by Gasteiger charge is -2.15. The monoisotopic (exact) mass is 452 g/mol. The van der Waals surface area contributed by atoms with Gasteiger partial charge in [-0.3, -0.25) is 4.79 Å². The number of rotatable bonds is 10. The van der Waals surface area contributed by atoms with Crippen LogP contribution in [0, 0.1) is 0 Å². The molecule has 5 heteroatoms. The normalized spacial score (nSPS) is 15.1. The van der Waals surface area contributed by atoms with Crippen molar-refractivity contribution in [3.05, 3.63) is 78.4 Å². The first-order valence-electron chi connectivity index (χ1n) is 11.6. The van der Waals surface area contributed by atoms with Gasteiger partial charge in [-0.1, -0.05) is 36.4 Å². The summed E-state index contributed by atoms with van der Waals surface area (Å²) in [7, 11) is 0. The molecule has 0 N–H and O–H groups in total. The molecular weight excluding hydrogens is 428 g/mol. The fourth-order valence-corrected chi connectivity index (χ4v) is 4.44. The Morgan fingerprint density at radius 2 is 1.35 bits per heavy atom. The Bertz CT molecular complexity index is 1450. The number of hydrogen-bond donors (Lipinski definition) is 0. The van der Waals surface area contributed by atoms with Gasteiger partial charge in [0.25, 0.3) is 0 Å². The van der Waals surface area contributed by atoms with E-state index in [9.17, 15) is 4.79 Å². The molecule has 34 heavy (non-hydrogen) atoms. The van der Waals surface area contributed by atoms with Gasteiger partial charge in [0.05, 0.1) is 19.8 Å². The van der Waals surface area contributed by atoms with E-state index in [2.05, 4.69) is 24.3 Å². The topological polar surface area (TPSA) is 57.3 Å². The number of benzene rings is 5. The SMILES string of the molecule is O=Cc1ccc2ccc3c(OCCCOc4ccc(OCC5CO5)cc4)ccc4ccc1c2c43. The minimum Gasteiger partial charge on any atom is -0.493 e. The van der Waals surface area contributed by atoms with Crippen molar-refractivity contribution in [2.45, 2.75) is 12.5 Å². The molecule has 0 spiro atoms. The van der Waals surface area contributed by atoms with Gasteiger partial charge < -0.3 is 18.9 Å². The third-order valence-corrected chi connectivity index (χ3v) is 6.26. The minimum absolute atomic E-state index is 0.248. The summed E-state index contributed by atoms with van der Waals surface area (Å²) in [6.07, 6.45) is 1.93. The maximum Gasteiger partial charge on any atom is 0.150 e. The quantitative estimate of drug-likeness (QED) is 0.112. The van der Waals surface area contributed by atoms with E-state index in [1.165, 1.54) is 0 Å². The van der Waals surface area contributed by atoms with Gasteiger partial charge in [-0.15, -0.1) is 0 Å². The summed E-state index contributed by atoms with van der Waals surface area (Å²) in [5.41, 5.74) is 0.710. The molecule has 0 saturated carbocycles. The summed E-state index contributed by atoms with van der Waals surface area (Å²) < 4.78 is 22.8. The average Bonchev–Trinajstić information content (AvgIpc) is 3.71. The summed E-state index contributed by atoms with van der Waals surface area (Å²) in [6.45, 7) is 2.49. The highest BCUT2D eigenvalue weighted by molar-refractivity contribution is 6.26. The fraction of sp³-hybridized carbons (Fsp3) is 0.207. The molecular formula is C29H24O5. The number of ether oxygens (including phenoxy) is 4. The molecule has 5 nitrogen and oxygen atoms in total. The molecule has 5 aromatic carbocycles. The summed E-state index contributed by atoms with van der Waals surface area (Å²) in [4.78, 5) is 11.6. The first kappa shape index (κ1) is 20.8. The first-order chi connectivity index (χ1) is 16.8. The zero-order valence-electron chi connectivity index (χ0n) is 18.7. The second-order valence-corrected chi connectivity index (χ2v) is 8.55. The van der Waals surface area contributed by atoms with Crippen molar-refractivity contribution in [1.29, 1.82) is 0 Å². The van der Waals surface area contributed by atoms with Gasteiger partial charge in [-0.25, -0.2) is 0 Å². The van der Waals surface area contributed by atoms with Crippen molar-refractivity contribution >= 4 is 38.6 Å². The van der Waals surface area contributed by atoms with E-state index in [-0.39, 0.29) is 6.10 Å². The van der Waals surface area contributed by atoms with E-state index < -0.39 is 0 Å². The van der Waals surface area contributed by atoms with E-state index >= 15 is 0 Å². The van der Waals surface area contributed by atoms with Gasteiger partial charge >= 0.3 is 0 Å². The molecule has 1 fully saturated rings. The van der Waals surface area contributed by atoms with Gasteiger partial charge in [-0.2, -0.15) is 0 Å². The molecule has 0 bridgehead atoms. The van der Waals surface area contributed by atoms with Gasteiger partial charge in [0.1, 0.15) is 30.0 Å². The van der Waals surface area contributed by atoms with Crippen LogP contribution in [0.25, 0.3) is 32.3 Å². The molecule has 1 aliphatic rings. The van der Waals surface area contributed by atoms with Crippen molar-refractivity contribution in [3.8, 4) is 17.2 Å². The van der Waals surface area contributed by atoms with E-state index in [1.807, 2.05) is 48.5 Å². The number of carbonyl (C=O) groups is 1. The molecule has 0 radical (unpaired) electrons. The molecule has 1 unspecified atom stereocenters. The molecule has 1 saturated heterocycles. The van der Waals surface area contributed by atoms with E-state index in [0.717, 1.165) is 68.9 Å². The van der Waals surface area contributed by atoms with E-state index in [1.54, 1.807) is 0 Å². The Balaban J connectivity index is 1.11. The highest BCUT2D eigenvalue weighted by atomic mass is 16.6. The van der Waals surface area contributed by atoms with Crippen LogP contribution in [0.2, 0.25) is 0 Å². The molecule has 170 valence electrons. The number of aldehydes is 1. The lowest BCUT2D eigenvalue weighted by atomic mass is 9.92. The van der Waals surface area contributed by atoms with E-state index in [0.29, 0.717) is 25.4 Å². The van der Waals surface area contributed by atoms with Gasteiger partial charge in [0.2, 0.25) is 0 Å². The predicted octanol–water partition coefficient (Wildman–Crippen LogP) is 6.02. The Morgan fingerprint density at radius 3 is 2.09 bits per heavy atom. The zero-order chi connectivity index (χ0) is 22.9. The molecule has 1 aliphatic heterocycles. The summed E-state index contributed by atoms with van der Waals surface area (Å²) in [5, 5.41) is 6.57. The Labute approximate surface area is 197 Å². The molecule has 5 aromatic rings. The van der Waals surface area contributed by atoms with Gasteiger partial charge in [-0.05, 0) is 57.9 Å². The smallest absolute Gasteiger partial charge is 0.150 e. The van der Waals surface area contributed by atoms with Crippen LogP contribution >= 0.6 is 0 Å². The first-order valence-corrected chi connectivity index (χ1v) is 11.6. The van der Waals surface area contributed by atoms with E-state index in [4.69, 9.17) is 18.9 Å². The Morgan fingerprint density at radius 1 is 0.735 bits per heavy atom. The molecule has 6 rings (SSSR count). The number of hydrogen-bond acceptors (Lipinski definition) is 5. The number of carbonyl (C=O) groups excluding carboxylic acids is 1. The van der Waals surface area contributed by atoms with Crippen LogP contribution in [0.3, 0.4) is 0 Å². The molecule has 0 aromatic heterocycles. The van der Waals surface area contributed by atoms with Crippen LogP contribution < -0.4 is 14.2 Å². The van der Waals surface area contributed by atoms with Crippen LogP contribution in [-0.2, 0) is 4.74 Å². The van der Waals surface area contributed by atoms with Crippen molar-refractivity contribution in [1.82, 2.24) is 0 Å².